The first kappa shape index (κ1) is 25.8. The van der Waals surface area contributed by atoms with E-state index in [0.29, 0.717) is 25.0 Å². The van der Waals surface area contributed by atoms with Crippen LogP contribution in [0.4, 0.5) is 0 Å². The largest absolute Gasteiger partial charge is 0.437 e. The van der Waals surface area contributed by atoms with E-state index < -0.39 is 7.75 Å². The first-order valence-corrected chi connectivity index (χ1v) is 14.2. The van der Waals surface area contributed by atoms with Crippen LogP contribution in [-0.4, -0.2) is 68.4 Å². The molecule has 0 aliphatic carbocycles. The lowest BCUT2D eigenvalue weighted by Crippen LogP contribution is -2.34. The maximum absolute atomic E-state index is 13.3. The quantitative estimate of drug-likeness (QED) is 0.166. The molecule has 0 saturated carbocycles. The second kappa shape index (κ2) is 11.7. The van der Waals surface area contributed by atoms with Gasteiger partial charge in [-0.05, 0) is 35.4 Å². The van der Waals surface area contributed by atoms with E-state index >= 15 is 0 Å². The number of fused-ring (bicyclic) bond motifs is 2. The van der Waals surface area contributed by atoms with Gasteiger partial charge < -0.3 is 5.32 Å². The molecule has 0 saturated heterocycles. The van der Waals surface area contributed by atoms with Crippen molar-refractivity contribution in [1.82, 2.24) is 20.8 Å². The van der Waals surface area contributed by atoms with Crippen molar-refractivity contribution in [1.29, 1.82) is 0 Å². The highest BCUT2D eigenvalue weighted by atomic mass is 31.2. The highest BCUT2D eigenvalue weighted by Gasteiger charge is 2.38. The highest BCUT2D eigenvalue weighted by Crippen LogP contribution is 2.52. The first-order valence-electron chi connectivity index (χ1n) is 12.7. The third-order valence-electron chi connectivity index (χ3n) is 6.11. The topological polar surface area (TPSA) is 124 Å². The van der Waals surface area contributed by atoms with Gasteiger partial charge in [0.2, 0.25) is 11.9 Å². The molecule has 2 heterocycles. The fourth-order valence-corrected chi connectivity index (χ4v) is 6.21. The Labute approximate surface area is 221 Å². The molecule has 0 fully saturated rings. The molecular formula is C26H31N8O3P. The van der Waals surface area contributed by atoms with Gasteiger partial charge in [-0.15, -0.1) is 0 Å². The predicted octanol–water partition coefficient (Wildman–Crippen LogP) is 3.65. The summed E-state index contributed by atoms with van der Waals surface area (Å²) in [6.07, 6.45) is 3.60. The molecule has 2 aliphatic rings. The van der Waals surface area contributed by atoms with Crippen molar-refractivity contribution >= 4 is 53.6 Å². The van der Waals surface area contributed by atoms with Gasteiger partial charge in [-0.3, -0.25) is 9.05 Å². The average molecular weight is 535 g/mol. The van der Waals surface area contributed by atoms with E-state index in [1.54, 1.807) is 20.1 Å². The molecule has 5 rings (SSSR count). The molecule has 0 unspecified atom stereocenters. The number of hydrazone groups is 2. The molecule has 11 nitrogen and oxygen atoms in total. The standard InChI is InChI=1S/C26H31N8O3P/c1-3-36-38(35,37-4-2)34-16-15-29-26(34)33-31-18-24-21-11-7-5-9-19(21)23(20-10-6-8-12-22(20)24)17-30-32-25-27-13-14-28-25/h5-12,17-18H,3-4,13-16H2,1-2H3,(H,29,33)(H2,27,28,32)/b30-17+,31-18+. The molecule has 0 amide bonds. The van der Waals surface area contributed by atoms with Crippen molar-refractivity contribution in [3.63, 3.8) is 0 Å². The maximum Gasteiger partial charge on any atom is 0.437 e. The summed E-state index contributed by atoms with van der Waals surface area (Å²) in [7, 11) is -3.51. The molecule has 198 valence electrons. The fraction of sp³-hybridized carbons (Fsp3) is 0.308. The van der Waals surface area contributed by atoms with E-state index in [4.69, 9.17) is 9.05 Å². The van der Waals surface area contributed by atoms with Crippen LogP contribution in [0.5, 0.6) is 0 Å². The van der Waals surface area contributed by atoms with E-state index in [-0.39, 0.29) is 13.2 Å². The summed E-state index contributed by atoms with van der Waals surface area (Å²) in [5.41, 5.74) is 7.89. The van der Waals surface area contributed by atoms with Crippen molar-refractivity contribution in [2.75, 3.05) is 39.4 Å². The molecular weight excluding hydrogens is 503 g/mol. The molecule has 3 aromatic rings. The van der Waals surface area contributed by atoms with E-state index in [0.717, 1.165) is 45.8 Å². The monoisotopic (exact) mass is 534 g/mol. The van der Waals surface area contributed by atoms with Crippen molar-refractivity contribution in [3.8, 4) is 0 Å². The third kappa shape index (κ3) is 5.26. The SMILES string of the molecule is CCOP(=O)(OCC)N1CCN=C1N/N=C/c1c2ccccc2c(/C=N/NC2=NCCN2)c2ccccc12. The Morgan fingerprint density at radius 2 is 1.45 bits per heavy atom. The second-order valence-electron chi connectivity index (χ2n) is 8.45. The van der Waals surface area contributed by atoms with Crippen LogP contribution in [0.3, 0.4) is 0 Å². The van der Waals surface area contributed by atoms with Crippen LogP contribution in [0.1, 0.15) is 25.0 Å². The minimum atomic E-state index is -3.51. The Bertz CT molecular complexity index is 1420. The summed E-state index contributed by atoms with van der Waals surface area (Å²) in [4.78, 5) is 8.75. The summed E-state index contributed by atoms with van der Waals surface area (Å²) in [6.45, 7) is 6.53. The zero-order valence-electron chi connectivity index (χ0n) is 21.4. The lowest BCUT2D eigenvalue weighted by Gasteiger charge is -2.27. The van der Waals surface area contributed by atoms with Crippen molar-refractivity contribution < 1.29 is 13.6 Å². The number of rotatable bonds is 9. The zero-order valence-corrected chi connectivity index (χ0v) is 22.3. The van der Waals surface area contributed by atoms with Crippen LogP contribution < -0.4 is 16.2 Å². The van der Waals surface area contributed by atoms with Gasteiger partial charge in [-0.25, -0.2) is 30.1 Å². The fourth-order valence-electron chi connectivity index (χ4n) is 4.53. The van der Waals surface area contributed by atoms with Gasteiger partial charge in [0, 0.05) is 17.7 Å². The average Bonchev–Trinajstić information content (AvgIpc) is 3.63. The van der Waals surface area contributed by atoms with E-state index in [2.05, 4.69) is 60.6 Å². The zero-order chi connectivity index (χ0) is 26.4. The number of benzene rings is 3. The van der Waals surface area contributed by atoms with E-state index in [1.807, 2.05) is 30.5 Å². The smallest absolute Gasteiger partial charge is 0.353 e. The Hall–Kier alpha value is -3.79. The normalized spacial score (nSPS) is 16.0. The van der Waals surface area contributed by atoms with Crippen LogP contribution in [0.2, 0.25) is 0 Å². The van der Waals surface area contributed by atoms with E-state index in [9.17, 15) is 4.57 Å². The summed E-state index contributed by atoms with van der Waals surface area (Å²) >= 11 is 0. The Morgan fingerprint density at radius 3 is 1.95 bits per heavy atom. The number of hydrogen-bond donors (Lipinski definition) is 3. The molecule has 0 bridgehead atoms. The van der Waals surface area contributed by atoms with Gasteiger partial charge in [0.25, 0.3) is 0 Å². The first-order chi connectivity index (χ1) is 18.6. The summed E-state index contributed by atoms with van der Waals surface area (Å²) in [6, 6.07) is 16.3. The van der Waals surface area contributed by atoms with Crippen LogP contribution in [0.15, 0.2) is 68.7 Å². The molecule has 12 heteroatoms. The molecule has 0 radical (unpaired) electrons. The van der Waals surface area contributed by atoms with Gasteiger partial charge in [-0.2, -0.15) is 10.2 Å². The minimum absolute atomic E-state index is 0.262. The van der Waals surface area contributed by atoms with Gasteiger partial charge in [0.15, 0.2) is 0 Å². The molecule has 0 aromatic heterocycles. The highest BCUT2D eigenvalue weighted by molar-refractivity contribution is 7.52. The number of nitrogens with zero attached hydrogens (tertiary/aromatic N) is 5. The lowest BCUT2D eigenvalue weighted by molar-refractivity contribution is 0.190. The number of hydrogen-bond acceptors (Lipinski definition) is 10. The summed E-state index contributed by atoms with van der Waals surface area (Å²) in [5, 5.41) is 16.2. The predicted molar refractivity (Wildman–Crippen MR) is 153 cm³/mol. The number of aliphatic imine (C=N–C) groups is 2. The Morgan fingerprint density at radius 1 is 0.895 bits per heavy atom. The van der Waals surface area contributed by atoms with Crippen LogP contribution >= 0.6 is 7.75 Å². The van der Waals surface area contributed by atoms with Crippen LogP contribution in [-0.2, 0) is 13.6 Å². The van der Waals surface area contributed by atoms with Gasteiger partial charge in [-0.1, -0.05) is 48.5 Å². The van der Waals surface area contributed by atoms with Crippen LogP contribution in [0.25, 0.3) is 21.5 Å². The maximum atomic E-state index is 13.3. The van der Waals surface area contributed by atoms with Crippen molar-refractivity contribution in [2.45, 2.75) is 13.8 Å². The second-order valence-corrected chi connectivity index (χ2v) is 10.4. The molecule has 3 N–H and O–H groups in total. The Kier molecular flexibility index (Phi) is 7.97. The van der Waals surface area contributed by atoms with E-state index in [1.165, 1.54) is 4.67 Å². The molecule has 0 spiro atoms. The van der Waals surface area contributed by atoms with Crippen molar-refractivity contribution in [3.05, 3.63) is 59.7 Å². The number of nitrogens with one attached hydrogen (secondary N) is 3. The Balaban J connectivity index is 1.48. The summed E-state index contributed by atoms with van der Waals surface area (Å²) in [5.74, 6) is 1.03. The van der Waals surface area contributed by atoms with Crippen molar-refractivity contribution in [2.24, 2.45) is 20.2 Å². The molecule has 0 atom stereocenters. The summed E-state index contributed by atoms with van der Waals surface area (Å²) < 4.78 is 25.8. The lowest BCUT2D eigenvalue weighted by atomic mass is 9.92. The van der Waals surface area contributed by atoms with Gasteiger partial charge >= 0.3 is 7.75 Å². The molecule has 2 aliphatic heterocycles. The molecule has 3 aromatic carbocycles. The molecule has 38 heavy (non-hydrogen) atoms. The van der Waals surface area contributed by atoms with Crippen LogP contribution in [0, 0.1) is 0 Å². The van der Waals surface area contributed by atoms with Gasteiger partial charge in [0.05, 0.1) is 45.3 Å². The minimum Gasteiger partial charge on any atom is -0.353 e. The number of guanidine groups is 2. The van der Waals surface area contributed by atoms with Gasteiger partial charge in [0.1, 0.15) is 0 Å². The third-order valence-corrected chi connectivity index (χ3v) is 8.26.